The Morgan fingerprint density at radius 1 is 1.22 bits per heavy atom. The molecule has 0 aromatic heterocycles. The van der Waals surface area contributed by atoms with E-state index in [9.17, 15) is 13.2 Å². The first kappa shape index (κ1) is 18.1. The van der Waals surface area contributed by atoms with Crippen molar-refractivity contribution in [3.05, 3.63) is 12.2 Å². The third kappa shape index (κ3) is 6.81. The minimum atomic E-state index is -4.08. The molecule has 0 saturated carbocycles. The Labute approximate surface area is 136 Å². The second kappa shape index (κ2) is 8.57. The van der Waals surface area contributed by atoms with Crippen molar-refractivity contribution in [3.8, 4) is 0 Å². The van der Waals surface area contributed by atoms with Crippen molar-refractivity contribution >= 4 is 5.96 Å². The first-order valence-corrected chi connectivity index (χ1v) is 8.37. The van der Waals surface area contributed by atoms with E-state index in [2.05, 4.69) is 27.8 Å². The van der Waals surface area contributed by atoms with Crippen LogP contribution in [-0.2, 0) is 0 Å². The van der Waals surface area contributed by atoms with E-state index >= 15 is 0 Å². The van der Waals surface area contributed by atoms with Gasteiger partial charge in [0.1, 0.15) is 0 Å². The third-order valence-electron chi connectivity index (χ3n) is 4.53. The number of aliphatic imine (C=N–C) groups is 1. The van der Waals surface area contributed by atoms with Gasteiger partial charge in [0.15, 0.2) is 5.96 Å². The predicted octanol–water partition coefficient (Wildman–Crippen LogP) is 2.53. The van der Waals surface area contributed by atoms with E-state index in [1.807, 2.05) is 0 Å². The number of hydrogen-bond donors (Lipinski definition) is 2. The van der Waals surface area contributed by atoms with Gasteiger partial charge in [-0.25, -0.2) is 0 Å². The van der Waals surface area contributed by atoms with Gasteiger partial charge in [0.2, 0.25) is 0 Å². The van der Waals surface area contributed by atoms with Crippen LogP contribution in [0.1, 0.15) is 32.1 Å². The highest BCUT2D eigenvalue weighted by atomic mass is 19.4. The Hall–Kier alpha value is -1.24. The number of piperidine rings is 1. The first-order chi connectivity index (χ1) is 11.0. The van der Waals surface area contributed by atoms with Crippen LogP contribution in [0.25, 0.3) is 0 Å². The maximum absolute atomic E-state index is 12.4. The predicted molar refractivity (Wildman–Crippen MR) is 86.5 cm³/mol. The van der Waals surface area contributed by atoms with Crippen LogP contribution in [0.5, 0.6) is 0 Å². The minimum Gasteiger partial charge on any atom is -0.356 e. The maximum atomic E-state index is 12.4. The fourth-order valence-electron chi connectivity index (χ4n) is 3.20. The zero-order valence-corrected chi connectivity index (χ0v) is 13.7. The molecule has 0 bridgehead atoms. The summed E-state index contributed by atoms with van der Waals surface area (Å²) in [6, 6.07) is 0.423. The topological polar surface area (TPSA) is 39.7 Å². The molecule has 0 aromatic rings. The number of nitrogens with one attached hydrogen (secondary N) is 2. The molecular weight excluding hydrogens is 305 g/mol. The van der Waals surface area contributed by atoms with Crippen LogP contribution in [0.4, 0.5) is 13.2 Å². The van der Waals surface area contributed by atoms with Crippen molar-refractivity contribution in [1.29, 1.82) is 0 Å². The number of likely N-dealkylation sites (tertiary alicyclic amines) is 1. The van der Waals surface area contributed by atoms with Crippen LogP contribution in [0.3, 0.4) is 0 Å². The molecule has 4 nitrogen and oxygen atoms in total. The van der Waals surface area contributed by atoms with Gasteiger partial charge in [-0.2, -0.15) is 13.2 Å². The Bertz CT molecular complexity index is 404. The molecule has 2 rings (SSSR count). The molecule has 1 aliphatic heterocycles. The molecule has 2 N–H and O–H groups in total. The lowest BCUT2D eigenvalue weighted by atomic mass is 9.93. The largest absolute Gasteiger partial charge is 0.401 e. The Morgan fingerprint density at radius 2 is 1.87 bits per heavy atom. The molecule has 7 heteroatoms. The highest BCUT2D eigenvalue weighted by molar-refractivity contribution is 5.80. The number of nitrogens with zero attached hydrogens (tertiary/aromatic N) is 2. The number of hydrogen-bond acceptors (Lipinski definition) is 2. The van der Waals surface area contributed by atoms with Crippen LogP contribution >= 0.6 is 0 Å². The third-order valence-corrected chi connectivity index (χ3v) is 4.53. The van der Waals surface area contributed by atoms with Gasteiger partial charge >= 0.3 is 6.18 Å². The summed E-state index contributed by atoms with van der Waals surface area (Å²) in [5, 5.41) is 6.69. The number of guanidine groups is 1. The van der Waals surface area contributed by atoms with Crippen molar-refractivity contribution in [2.24, 2.45) is 10.9 Å². The SMILES string of the molecule is CN=C(NCCC1CCN(CC(F)(F)F)CC1)NC1CC=CC1. The molecule has 0 aromatic carbocycles. The van der Waals surface area contributed by atoms with E-state index in [1.165, 1.54) is 4.90 Å². The summed E-state index contributed by atoms with van der Waals surface area (Å²) < 4.78 is 37.1. The van der Waals surface area contributed by atoms with E-state index in [0.717, 1.165) is 44.6 Å². The monoisotopic (exact) mass is 332 g/mol. The van der Waals surface area contributed by atoms with E-state index in [-0.39, 0.29) is 0 Å². The molecule has 0 atom stereocenters. The van der Waals surface area contributed by atoms with Crippen LogP contribution in [-0.4, -0.2) is 56.3 Å². The Morgan fingerprint density at radius 3 is 2.43 bits per heavy atom. The molecule has 0 spiro atoms. The second-order valence-electron chi connectivity index (χ2n) is 6.41. The lowest BCUT2D eigenvalue weighted by Crippen LogP contribution is -2.44. The first-order valence-electron chi connectivity index (χ1n) is 8.37. The molecule has 23 heavy (non-hydrogen) atoms. The van der Waals surface area contributed by atoms with Crippen LogP contribution < -0.4 is 10.6 Å². The van der Waals surface area contributed by atoms with Gasteiger partial charge in [-0.1, -0.05) is 12.2 Å². The van der Waals surface area contributed by atoms with Crippen molar-refractivity contribution in [2.45, 2.75) is 44.3 Å². The van der Waals surface area contributed by atoms with E-state index in [1.54, 1.807) is 7.05 Å². The quantitative estimate of drug-likeness (QED) is 0.462. The number of rotatable bonds is 5. The van der Waals surface area contributed by atoms with Crippen LogP contribution in [0.15, 0.2) is 17.1 Å². The van der Waals surface area contributed by atoms with Crippen molar-refractivity contribution in [1.82, 2.24) is 15.5 Å². The molecule has 0 radical (unpaired) electrons. The smallest absolute Gasteiger partial charge is 0.356 e. The van der Waals surface area contributed by atoms with Gasteiger partial charge in [-0.05, 0) is 51.1 Å². The van der Waals surface area contributed by atoms with Crippen LogP contribution in [0, 0.1) is 5.92 Å². The summed E-state index contributed by atoms with van der Waals surface area (Å²) in [7, 11) is 1.76. The van der Waals surface area contributed by atoms with Gasteiger partial charge in [0.05, 0.1) is 6.54 Å². The second-order valence-corrected chi connectivity index (χ2v) is 6.41. The lowest BCUT2D eigenvalue weighted by molar-refractivity contribution is -0.148. The minimum absolute atomic E-state index is 0.423. The summed E-state index contributed by atoms with van der Waals surface area (Å²) >= 11 is 0. The zero-order chi connectivity index (χ0) is 16.7. The zero-order valence-electron chi connectivity index (χ0n) is 13.7. The van der Waals surface area contributed by atoms with Gasteiger partial charge in [0, 0.05) is 19.6 Å². The van der Waals surface area contributed by atoms with E-state index in [0.29, 0.717) is 25.0 Å². The molecule has 0 unspecified atom stereocenters. The van der Waals surface area contributed by atoms with Crippen molar-refractivity contribution < 1.29 is 13.2 Å². The highest BCUT2D eigenvalue weighted by Gasteiger charge is 2.32. The van der Waals surface area contributed by atoms with Gasteiger partial charge in [0.25, 0.3) is 0 Å². The molecular formula is C16H27F3N4. The molecule has 1 heterocycles. The molecule has 2 aliphatic rings. The normalized spacial score (nSPS) is 21.8. The molecule has 1 aliphatic carbocycles. The standard InChI is InChI=1S/C16H27F3N4/c1-20-15(22-14-4-2-3-5-14)21-9-6-13-7-10-23(11-8-13)12-16(17,18)19/h2-3,13-14H,4-12H2,1H3,(H2,20,21,22). The fraction of sp³-hybridized carbons (Fsp3) is 0.812. The molecule has 1 fully saturated rings. The van der Waals surface area contributed by atoms with Gasteiger partial charge in [-0.3, -0.25) is 9.89 Å². The van der Waals surface area contributed by atoms with Crippen molar-refractivity contribution in [2.75, 3.05) is 33.2 Å². The Balaban J connectivity index is 1.59. The molecule has 0 amide bonds. The summed E-state index contributed by atoms with van der Waals surface area (Å²) in [6.07, 6.45) is 4.97. The summed E-state index contributed by atoms with van der Waals surface area (Å²) in [6.45, 7) is 1.13. The fourth-order valence-corrected chi connectivity index (χ4v) is 3.20. The maximum Gasteiger partial charge on any atom is 0.401 e. The number of alkyl halides is 3. The van der Waals surface area contributed by atoms with Gasteiger partial charge < -0.3 is 10.6 Å². The van der Waals surface area contributed by atoms with Crippen molar-refractivity contribution in [3.63, 3.8) is 0 Å². The average Bonchev–Trinajstić information content (AvgIpc) is 2.99. The average molecular weight is 332 g/mol. The summed E-state index contributed by atoms with van der Waals surface area (Å²) in [5.41, 5.74) is 0. The van der Waals surface area contributed by atoms with E-state index in [4.69, 9.17) is 0 Å². The highest BCUT2D eigenvalue weighted by Crippen LogP contribution is 2.23. The number of halogens is 3. The van der Waals surface area contributed by atoms with E-state index < -0.39 is 12.7 Å². The van der Waals surface area contributed by atoms with Crippen LogP contribution in [0.2, 0.25) is 0 Å². The summed E-state index contributed by atoms with van der Waals surface area (Å²) in [4.78, 5) is 5.73. The van der Waals surface area contributed by atoms with Gasteiger partial charge in [-0.15, -0.1) is 0 Å². The molecule has 1 saturated heterocycles. The Kier molecular flexibility index (Phi) is 6.74. The summed E-state index contributed by atoms with van der Waals surface area (Å²) in [5.74, 6) is 1.31. The molecule has 132 valence electrons. The lowest BCUT2D eigenvalue weighted by Gasteiger charge is -2.32.